The van der Waals surface area contributed by atoms with Crippen molar-refractivity contribution in [3.63, 3.8) is 0 Å². The summed E-state index contributed by atoms with van der Waals surface area (Å²) in [6.45, 7) is 0. The number of aromatic nitrogens is 2. The molecule has 4 aromatic rings. The zero-order valence-corrected chi connectivity index (χ0v) is 15.2. The predicted molar refractivity (Wildman–Crippen MR) is 109 cm³/mol. The highest BCUT2D eigenvalue weighted by Crippen LogP contribution is 2.31. The standard InChI is InChI=1S/C21H17N3O2S/c22-21-19(16-7-8-20-17(10-16)2-1-9-23-20)11-18(12-24-21)15-5-3-14(4-6-15)13-27(25)26/h1-12H,13H2,(H2,22,24)(H,25,26). The van der Waals surface area contributed by atoms with E-state index in [0.717, 1.165) is 38.7 Å². The summed E-state index contributed by atoms with van der Waals surface area (Å²) in [5.41, 5.74) is 11.6. The highest BCUT2D eigenvalue weighted by atomic mass is 32.2. The second-order valence-electron chi connectivity index (χ2n) is 6.23. The van der Waals surface area contributed by atoms with E-state index in [1.54, 1.807) is 12.4 Å². The Morgan fingerprint density at radius 1 is 0.926 bits per heavy atom. The average Bonchev–Trinajstić information content (AvgIpc) is 2.68. The van der Waals surface area contributed by atoms with E-state index in [-0.39, 0.29) is 5.75 Å². The Morgan fingerprint density at radius 2 is 1.70 bits per heavy atom. The zero-order chi connectivity index (χ0) is 18.8. The number of nitrogens with zero attached hydrogens (tertiary/aromatic N) is 2. The van der Waals surface area contributed by atoms with Gasteiger partial charge in [-0.2, -0.15) is 0 Å². The lowest BCUT2D eigenvalue weighted by atomic mass is 9.99. The van der Waals surface area contributed by atoms with Crippen molar-refractivity contribution in [2.75, 3.05) is 5.73 Å². The molecule has 1 atom stereocenters. The van der Waals surface area contributed by atoms with Crippen molar-refractivity contribution in [3.8, 4) is 22.3 Å². The number of nitrogen functional groups attached to an aromatic ring is 1. The smallest absolute Gasteiger partial charge is 0.157 e. The van der Waals surface area contributed by atoms with Crippen molar-refractivity contribution in [1.29, 1.82) is 0 Å². The molecule has 2 aromatic heterocycles. The number of hydrogen-bond donors (Lipinski definition) is 2. The van der Waals surface area contributed by atoms with Gasteiger partial charge in [-0.1, -0.05) is 36.4 Å². The van der Waals surface area contributed by atoms with Gasteiger partial charge in [0.1, 0.15) is 5.82 Å². The lowest BCUT2D eigenvalue weighted by Gasteiger charge is -2.10. The summed E-state index contributed by atoms with van der Waals surface area (Å²) >= 11 is -1.85. The van der Waals surface area contributed by atoms with Gasteiger partial charge in [-0.3, -0.25) is 4.98 Å². The molecule has 1 unspecified atom stereocenters. The molecule has 0 bridgehead atoms. The molecule has 0 saturated heterocycles. The third-order valence-corrected chi connectivity index (χ3v) is 4.99. The molecule has 134 valence electrons. The van der Waals surface area contributed by atoms with Crippen LogP contribution >= 0.6 is 0 Å². The first-order chi connectivity index (χ1) is 13.1. The van der Waals surface area contributed by atoms with Crippen molar-refractivity contribution in [3.05, 3.63) is 78.6 Å². The Labute approximate surface area is 159 Å². The van der Waals surface area contributed by atoms with Gasteiger partial charge in [0, 0.05) is 28.9 Å². The normalized spacial score (nSPS) is 12.2. The van der Waals surface area contributed by atoms with E-state index in [2.05, 4.69) is 16.0 Å². The fourth-order valence-corrected chi connectivity index (χ4v) is 3.52. The minimum atomic E-state index is -1.85. The lowest BCUT2D eigenvalue weighted by molar-refractivity contribution is 0.563. The van der Waals surface area contributed by atoms with Crippen LogP contribution in [-0.2, 0) is 16.8 Å². The molecule has 0 fully saturated rings. The van der Waals surface area contributed by atoms with E-state index in [1.807, 2.05) is 54.6 Å². The highest BCUT2D eigenvalue weighted by Gasteiger charge is 2.09. The molecule has 4 rings (SSSR count). The highest BCUT2D eigenvalue weighted by molar-refractivity contribution is 7.78. The summed E-state index contributed by atoms with van der Waals surface area (Å²) < 4.78 is 19.9. The molecule has 0 aliphatic heterocycles. The maximum absolute atomic E-state index is 10.9. The van der Waals surface area contributed by atoms with Crippen LogP contribution in [0.15, 0.2) is 73.1 Å². The van der Waals surface area contributed by atoms with E-state index >= 15 is 0 Å². The molecule has 0 spiro atoms. The number of fused-ring (bicyclic) bond motifs is 1. The molecule has 6 heteroatoms. The van der Waals surface area contributed by atoms with Crippen LogP contribution in [0.1, 0.15) is 5.56 Å². The molecule has 2 heterocycles. The van der Waals surface area contributed by atoms with Crippen LogP contribution in [0, 0.1) is 0 Å². The predicted octanol–water partition coefficient (Wildman–Crippen LogP) is 4.27. The van der Waals surface area contributed by atoms with Crippen molar-refractivity contribution in [1.82, 2.24) is 9.97 Å². The summed E-state index contributed by atoms with van der Waals surface area (Å²) in [5, 5.41) is 1.04. The minimum Gasteiger partial charge on any atom is -0.383 e. The minimum absolute atomic E-state index is 0.122. The van der Waals surface area contributed by atoms with Crippen LogP contribution in [0.4, 0.5) is 5.82 Å². The molecule has 0 radical (unpaired) electrons. The molecule has 3 N–H and O–H groups in total. The van der Waals surface area contributed by atoms with Gasteiger partial charge < -0.3 is 10.3 Å². The van der Waals surface area contributed by atoms with Crippen LogP contribution < -0.4 is 5.73 Å². The Kier molecular flexibility index (Phi) is 4.66. The maximum Gasteiger partial charge on any atom is 0.157 e. The summed E-state index contributed by atoms with van der Waals surface area (Å²) in [6, 6.07) is 19.5. The largest absolute Gasteiger partial charge is 0.383 e. The fourth-order valence-electron chi connectivity index (χ4n) is 3.04. The van der Waals surface area contributed by atoms with Crippen molar-refractivity contribution >= 4 is 27.8 Å². The number of hydrogen-bond acceptors (Lipinski definition) is 4. The van der Waals surface area contributed by atoms with Crippen molar-refractivity contribution < 1.29 is 8.76 Å². The summed E-state index contributed by atoms with van der Waals surface area (Å²) in [5.74, 6) is 0.589. The van der Waals surface area contributed by atoms with E-state index in [9.17, 15) is 4.21 Å². The van der Waals surface area contributed by atoms with Crippen molar-refractivity contribution in [2.24, 2.45) is 0 Å². The topological polar surface area (TPSA) is 89.1 Å². The maximum atomic E-state index is 10.9. The van der Waals surface area contributed by atoms with Crippen LogP contribution in [-0.4, -0.2) is 18.7 Å². The number of anilines is 1. The molecule has 0 aliphatic carbocycles. The second-order valence-corrected chi connectivity index (χ2v) is 7.16. The number of rotatable bonds is 4. The molecule has 0 aliphatic rings. The summed E-state index contributed by atoms with van der Waals surface area (Å²) in [6.07, 6.45) is 3.51. The van der Waals surface area contributed by atoms with E-state index in [4.69, 9.17) is 10.3 Å². The monoisotopic (exact) mass is 375 g/mol. The number of nitrogens with two attached hydrogens (primary N) is 1. The van der Waals surface area contributed by atoms with Gasteiger partial charge in [0.2, 0.25) is 0 Å². The molecular weight excluding hydrogens is 358 g/mol. The molecule has 2 aromatic carbocycles. The van der Waals surface area contributed by atoms with Gasteiger partial charge in [-0.15, -0.1) is 0 Å². The van der Waals surface area contributed by atoms with E-state index in [0.29, 0.717) is 5.82 Å². The molecular formula is C21H17N3O2S. The molecule has 5 nitrogen and oxygen atoms in total. The Bertz CT molecular complexity index is 1140. The van der Waals surface area contributed by atoms with Crippen LogP contribution in [0.3, 0.4) is 0 Å². The van der Waals surface area contributed by atoms with Crippen LogP contribution in [0.25, 0.3) is 33.2 Å². The van der Waals surface area contributed by atoms with E-state index in [1.165, 1.54) is 0 Å². The number of benzene rings is 2. The first kappa shape index (κ1) is 17.3. The SMILES string of the molecule is Nc1ncc(-c2ccc(CS(=O)O)cc2)cc1-c1ccc2ncccc2c1. The third kappa shape index (κ3) is 3.72. The average molecular weight is 375 g/mol. The summed E-state index contributed by atoms with van der Waals surface area (Å²) in [4.78, 5) is 8.70. The lowest BCUT2D eigenvalue weighted by Crippen LogP contribution is -1.96. The van der Waals surface area contributed by atoms with Crippen LogP contribution in [0.2, 0.25) is 0 Å². The Morgan fingerprint density at radius 3 is 2.48 bits per heavy atom. The second kappa shape index (κ2) is 7.26. The first-order valence-corrected chi connectivity index (χ1v) is 9.65. The zero-order valence-electron chi connectivity index (χ0n) is 14.4. The quantitative estimate of drug-likeness (QED) is 0.520. The van der Waals surface area contributed by atoms with Gasteiger partial charge in [-0.05, 0) is 41.0 Å². The number of pyridine rings is 2. The van der Waals surface area contributed by atoms with Gasteiger partial charge in [0.05, 0.1) is 11.3 Å². The molecule has 27 heavy (non-hydrogen) atoms. The van der Waals surface area contributed by atoms with Gasteiger partial charge in [-0.25, -0.2) is 9.19 Å². The molecule has 0 amide bonds. The summed E-state index contributed by atoms with van der Waals surface area (Å²) in [7, 11) is 0. The van der Waals surface area contributed by atoms with Gasteiger partial charge in [0.25, 0.3) is 0 Å². The van der Waals surface area contributed by atoms with Crippen LogP contribution in [0.5, 0.6) is 0 Å². The van der Waals surface area contributed by atoms with Crippen molar-refractivity contribution in [2.45, 2.75) is 5.75 Å². The fraction of sp³-hybridized carbons (Fsp3) is 0.0476. The Hall–Kier alpha value is -3.09. The van der Waals surface area contributed by atoms with E-state index < -0.39 is 11.1 Å². The van der Waals surface area contributed by atoms with Gasteiger partial charge in [0.15, 0.2) is 11.1 Å². The Balaban J connectivity index is 1.73. The third-order valence-electron chi connectivity index (χ3n) is 4.41. The van der Waals surface area contributed by atoms with Gasteiger partial charge >= 0.3 is 0 Å². The first-order valence-electron chi connectivity index (χ1n) is 8.37. The molecule has 0 saturated carbocycles.